The standard InChI is InChI=1S/C11H10F2N4/c1-6-3-4-8(5-7(6)2)14-11-16-9(12)15-10(13)17-11/h3-5H,1-2H3,(H,14,15,16,17). The van der Waals surface area contributed by atoms with Gasteiger partial charge in [-0.15, -0.1) is 0 Å². The van der Waals surface area contributed by atoms with Crippen molar-refractivity contribution >= 4 is 11.6 Å². The van der Waals surface area contributed by atoms with Crippen LogP contribution in [0, 0.1) is 26.0 Å². The zero-order valence-corrected chi connectivity index (χ0v) is 9.33. The first-order valence-electron chi connectivity index (χ1n) is 4.96. The number of benzene rings is 1. The molecule has 0 saturated heterocycles. The van der Waals surface area contributed by atoms with Crippen molar-refractivity contribution in [2.24, 2.45) is 0 Å². The molecule has 0 aliphatic heterocycles. The van der Waals surface area contributed by atoms with Crippen LogP contribution in [-0.4, -0.2) is 15.0 Å². The smallest absolute Gasteiger partial charge is 0.315 e. The molecule has 2 aromatic rings. The summed E-state index contributed by atoms with van der Waals surface area (Å²) >= 11 is 0. The van der Waals surface area contributed by atoms with Crippen LogP contribution < -0.4 is 5.32 Å². The largest absolute Gasteiger partial charge is 0.324 e. The highest BCUT2D eigenvalue weighted by Gasteiger charge is 2.05. The van der Waals surface area contributed by atoms with Crippen molar-refractivity contribution < 1.29 is 8.78 Å². The highest BCUT2D eigenvalue weighted by atomic mass is 19.1. The first kappa shape index (κ1) is 11.4. The van der Waals surface area contributed by atoms with Crippen molar-refractivity contribution in [3.8, 4) is 0 Å². The Kier molecular flexibility index (Phi) is 2.95. The zero-order chi connectivity index (χ0) is 12.4. The molecule has 0 atom stereocenters. The molecular weight excluding hydrogens is 226 g/mol. The summed E-state index contributed by atoms with van der Waals surface area (Å²) in [7, 11) is 0. The van der Waals surface area contributed by atoms with Crippen LogP contribution >= 0.6 is 0 Å². The Morgan fingerprint density at radius 1 is 0.941 bits per heavy atom. The van der Waals surface area contributed by atoms with E-state index < -0.39 is 12.2 Å². The molecule has 17 heavy (non-hydrogen) atoms. The molecule has 4 nitrogen and oxygen atoms in total. The number of rotatable bonds is 2. The van der Waals surface area contributed by atoms with E-state index in [4.69, 9.17) is 0 Å². The molecular formula is C11H10F2N4. The zero-order valence-electron chi connectivity index (χ0n) is 9.33. The van der Waals surface area contributed by atoms with Gasteiger partial charge >= 0.3 is 12.2 Å². The van der Waals surface area contributed by atoms with Gasteiger partial charge in [0, 0.05) is 5.69 Å². The van der Waals surface area contributed by atoms with E-state index in [1.54, 1.807) is 6.07 Å². The van der Waals surface area contributed by atoms with Crippen LogP contribution in [0.5, 0.6) is 0 Å². The summed E-state index contributed by atoms with van der Waals surface area (Å²) in [5.74, 6) is -0.154. The van der Waals surface area contributed by atoms with Crippen molar-refractivity contribution in [1.82, 2.24) is 15.0 Å². The predicted molar refractivity (Wildman–Crippen MR) is 58.9 cm³/mol. The summed E-state index contributed by atoms with van der Waals surface area (Å²) in [6.45, 7) is 3.91. The lowest BCUT2D eigenvalue weighted by Gasteiger charge is -2.06. The molecule has 0 unspecified atom stereocenters. The third-order valence-electron chi connectivity index (χ3n) is 2.34. The average molecular weight is 236 g/mol. The minimum atomic E-state index is -1.15. The van der Waals surface area contributed by atoms with Crippen molar-refractivity contribution in [3.05, 3.63) is 41.5 Å². The third kappa shape index (κ3) is 2.72. The minimum Gasteiger partial charge on any atom is -0.324 e. The van der Waals surface area contributed by atoms with E-state index in [9.17, 15) is 8.78 Å². The fourth-order valence-electron chi connectivity index (χ4n) is 1.33. The fraction of sp³-hybridized carbons (Fsp3) is 0.182. The third-order valence-corrected chi connectivity index (χ3v) is 2.34. The second-order valence-corrected chi connectivity index (χ2v) is 3.62. The molecule has 0 aliphatic carbocycles. The van der Waals surface area contributed by atoms with Gasteiger partial charge in [0.25, 0.3) is 0 Å². The number of halogens is 2. The van der Waals surface area contributed by atoms with Crippen LogP contribution in [0.4, 0.5) is 20.4 Å². The molecule has 0 aliphatic rings. The Morgan fingerprint density at radius 2 is 1.59 bits per heavy atom. The molecule has 0 fully saturated rings. The first-order valence-corrected chi connectivity index (χ1v) is 4.96. The maximum atomic E-state index is 12.7. The number of anilines is 2. The number of aromatic nitrogens is 3. The van der Waals surface area contributed by atoms with Gasteiger partial charge in [0.2, 0.25) is 5.95 Å². The molecule has 6 heteroatoms. The number of aryl methyl sites for hydroxylation is 2. The molecule has 1 N–H and O–H groups in total. The highest BCUT2D eigenvalue weighted by molar-refractivity contribution is 5.55. The van der Waals surface area contributed by atoms with Gasteiger partial charge in [-0.1, -0.05) is 6.07 Å². The molecule has 88 valence electrons. The van der Waals surface area contributed by atoms with Crippen LogP contribution in [0.2, 0.25) is 0 Å². The van der Waals surface area contributed by atoms with E-state index in [2.05, 4.69) is 20.3 Å². The SMILES string of the molecule is Cc1ccc(Nc2nc(F)nc(F)n2)cc1C. The van der Waals surface area contributed by atoms with E-state index in [0.717, 1.165) is 11.1 Å². The Hall–Kier alpha value is -2.11. The molecule has 0 spiro atoms. The van der Waals surface area contributed by atoms with Crippen LogP contribution in [0.15, 0.2) is 18.2 Å². The van der Waals surface area contributed by atoms with Gasteiger partial charge in [0.05, 0.1) is 0 Å². The first-order chi connectivity index (χ1) is 8.04. The molecule has 1 aromatic heterocycles. The van der Waals surface area contributed by atoms with Crippen molar-refractivity contribution in [1.29, 1.82) is 0 Å². The van der Waals surface area contributed by atoms with Gasteiger partial charge < -0.3 is 5.32 Å². The van der Waals surface area contributed by atoms with E-state index >= 15 is 0 Å². The van der Waals surface area contributed by atoms with E-state index in [1.807, 2.05) is 26.0 Å². The number of hydrogen-bond donors (Lipinski definition) is 1. The lowest BCUT2D eigenvalue weighted by atomic mass is 10.1. The van der Waals surface area contributed by atoms with Gasteiger partial charge in [-0.2, -0.15) is 23.7 Å². The molecule has 0 amide bonds. The molecule has 2 rings (SSSR count). The Labute approximate surface area is 96.8 Å². The summed E-state index contributed by atoms with van der Waals surface area (Å²) in [6.07, 6.45) is -2.30. The highest BCUT2D eigenvalue weighted by Crippen LogP contribution is 2.17. The number of nitrogens with zero attached hydrogens (tertiary/aromatic N) is 3. The summed E-state index contributed by atoms with van der Waals surface area (Å²) in [5, 5.41) is 2.71. The normalized spacial score (nSPS) is 10.4. The summed E-state index contributed by atoms with van der Waals surface area (Å²) in [4.78, 5) is 9.49. The maximum absolute atomic E-state index is 12.7. The Morgan fingerprint density at radius 3 is 2.18 bits per heavy atom. The van der Waals surface area contributed by atoms with E-state index in [1.165, 1.54) is 0 Å². The maximum Gasteiger partial charge on any atom is 0.315 e. The van der Waals surface area contributed by atoms with Crippen LogP contribution in [0.25, 0.3) is 0 Å². The monoisotopic (exact) mass is 236 g/mol. The molecule has 0 radical (unpaired) electrons. The van der Waals surface area contributed by atoms with Crippen molar-refractivity contribution in [3.63, 3.8) is 0 Å². The van der Waals surface area contributed by atoms with Crippen LogP contribution in [0.1, 0.15) is 11.1 Å². The number of nitrogens with one attached hydrogen (secondary N) is 1. The second-order valence-electron chi connectivity index (χ2n) is 3.62. The fourth-order valence-corrected chi connectivity index (χ4v) is 1.33. The van der Waals surface area contributed by atoms with Crippen molar-refractivity contribution in [2.75, 3.05) is 5.32 Å². The average Bonchev–Trinajstić information content (AvgIpc) is 2.22. The Balaban J connectivity index is 2.28. The van der Waals surface area contributed by atoms with Gasteiger partial charge in [-0.05, 0) is 37.1 Å². The van der Waals surface area contributed by atoms with E-state index in [-0.39, 0.29) is 5.95 Å². The molecule has 0 bridgehead atoms. The van der Waals surface area contributed by atoms with Gasteiger partial charge in [-0.3, -0.25) is 0 Å². The summed E-state index contributed by atoms with van der Waals surface area (Å²) < 4.78 is 25.5. The molecule has 1 aromatic carbocycles. The van der Waals surface area contributed by atoms with Crippen LogP contribution in [0.3, 0.4) is 0 Å². The predicted octanol–water partition coefficient (Wildman–Crippen LogP) is 2.51. The lowest BCUT2D eigenvalue weighted by Crippen LogP contribution is -2.04. The van der Waals surface area contributed by atoms with Crippen LogP contribution in [-0.2, 0) is 0 Å². The quantitative estimate of drug-likeness (QED) is 0.870. The minimum absolute atomic E-state index is 0.154. The van der Waals surface area contributed by atoms with Gasteiger partial charge in [0.1, 0.15) is 0 Å². The molecule has 0 saturated carbocycles. The van der Waals surface area contributed by atoms with Crippen molar-refractivity contribution in [2.45, 2.75) is 13.8 Å². The van der Waals surface area contributed by atoms with Gasteiger partial charge in [-0.25, -0.2) is 0 Å². The number of hydrogen-bond acceptors (Lipinski definition) is 4. The summed E-state index contributed by atoms with van der Waals surface area (Å²) in [5.41, 5.74) is 2.85. The van der Waals surface area contributed by atoms with E-state index in [0.29, 0.717) is 5.69 Å². The Bertz CT molecular complexity index is 537. The lowest BCUT2D eigenvalue weighted by molar-refractivity contribution is 0.458. The topological polar surface area (TPSA) is 50.7 Å². The van der Waals surface area contributed by atoms with Gasteiger partial charge in [0.15, 0.2) is 0 Å². The second kappa shape index (κ2) is 4.40. The summed E-state index contributed by atoms with van der Waals surface area (Å²) in [6, 6.07) is 5.52. The molecule has 1 heterocycles.